The Hall–Kier alpha value is -5.28. The van der Waals surface area contributed by atoms with E-state index < -0.39 is 0 Å². The predicted molar refractivity (Wildman–Crippen MR) is 161 cm³/mol. The van der Waals surface area contributed by atoms with E-state index >= 15 is 0 Å². The number of nitrogens with zero attached hydrogens (tertiary/aromatic N) is 1. The quantitative estimate of drug-likeness (QED) is 0.237. The molecule has 0 atom stereocenters. The zero-order valence-corrected chi connectivity index (χ0v) is 20.9. The van der Waals surface area contributed by atoms with E-state index in [2.05, 4.69) is 120 Å². The van der Waals surface area contributed by atoms with Gasteiger partial charge in [-0.3, -0.25) is 0 Å². The Bertz CT molecular complexity index is 2350. The van der Waals surface area contributed by atoms with Gasteiger partial charge in [0.2, 0.25) is 0 Å². The maximum absolute atomic E-state index is 6.38. The second kappa shape index (κ2) is 7.62. The van der Waals surface area contributed by atoms with Gasteiger partial charge in [-0.2, -0.15) is 0 Å². The van der Waals surface area contributed by atoms with Crippen molar-refractivity contribution in [2.45, 2.75) is 0 Å². The Morgan fingerprint density at radius 1 is 0.359 bits per heavy atom. The maximum Gasteiger partial charge on any atom is 0.136 e. The number of hydrogen-bond donors (Lipinski definition) is 0. The second-order valence-electron chi connectivity index (χ2n) is 10.2. The average molecular weight is 500 g/mol. The zero-order chi connectivity index (χ0) is 25.5. The molecule has 3 aromatic heterocycles. The first-order chi connectivity index (χ1) is 19.3. The average Bonchev–Trinajstić information content (AvgIpc) is 3.65. The first kappa shape index (κ1) is 20.7. The fourth-order valence-electron chi connectivity index (χ4n) is 6.19. The minimum atomic E-state index is 0.888. The van der Waals surface area contributed by atoms with Gasteiger partial charge in [-0.1, -0.05) is 66.7 Å². The van der Waals surface area contributed by atoms with Crippen LogP contribution in [0.3, 0.4) is 0 Å². The molecular formula is C36H21NO2. The lowest BCUT2D eigenvalue weighted by Crippen LogP contribution is -1.93. The van der Waals surface area contributed by atoms with E-state index in [9.17, 15) is 0 Å². The van der Waals surface area contributed by atoms with Crippen molar-refractivity contribution in [2.75, 3.05) is 0 Å². The van der Waals surface area contributed by atoms with E-state index in [1.807, 2.05) is 12.1 Å². The van der Waals surface area contributed by atoms with E-state index in [0.29, 0.717) is 0 Å². The molecule has 0 saturated heterocycles. The number of rotatable bonds is 2. The highest BCUT2D eigenvalue weighted by molar-refractivity contribution is 6.11. The third-order valence-corrected chi connectivity index (χ3v) is 8.00. The molecule has 0 saturated carbocycles. The first-order valence-electron chi connectivity index (χ1n) is 13.2. The summed E-state index contributed by atoms with van der Waals surface area (Å²) in [6, 6.07) is 44.8. The Morgan fingerprint density at radius 3 is 1.69 bits per heavy atom. The summed E-state index contributed by atoms with van der Waals surface area (Å²) in [7, 11) is 0. The molecule has 0 aliphatic rings. The molecule has 3 heteroatoms. The van der Waals surface area contributed by atoms with Crippen LogP contribution in [-0.4, -0.2) is 4.57 Å². The van der Waals surface area contributed by atoms with Gasteiger partial charge in [0.15, 0.2) is 0 Å². The fraction of sp³-hybridized carbons (Fsp3) is 0. The summed E-state index contributed by atoms with van der Waals surface area (Å²) in [5.41, 5.74) is 9.40. The Labute approximate surface area is 223 Å². The van der Waals surface area contributed by atoms with Crippen molar-refractivity contribution in [3.05, 3.63) is 127 Å². The Kier molecular flexibility index (Phi) is 4.05. The molecule has 0 unspecified atom stereocenters. The van der Waals surface area contributed by atoms with Crippen LogP contribution in [0, 0.1) is 0 Å². The van der Waals surface area contributed by atoms with Gasteiger partial charge >= 0.3 is 0 Å². The van der Waals surface area contributed by atoms with Crippen LogP contribution in [0.25, 0.3) is 82.5 Å². The molecule has 6 aromatic carbocycles. The van der Waals surface area contributed by atoms with Crippen molar-refractivity contribution >= 4 is 65.7 Å². The molecule has 9 aromatic rings. The third-order valence-electron chi connectivity index (χ3n) is 8.00. The van der Waals surface area contributed by atoms with Crippen LogP contribution in [0.15, 0.2) is 136 Å². The van der Waals surface area contributed by atoms with E-state index in [4.69, 9.17) is 8.83 Å². The van der Waals surface area contributed by atoms with E-state index in [-0.39, 0.29) is 0 Å². The molecule has 0 spiro atoms. The summed E-state index contributed by atoms with van der Waals surface area (Å²) >= 11 is 0. The summed E-state index contributed by atoms with van der Waals surface area (Å²) in [5.74, 6) is 0. The largest absolute Gasteiger partial charge is 0.456 e. The number of aromatic nitrogens is 1. The minimum absolute atomic E-state index is 0.888. The van der Waals surface area contributed by atoms with Crippen LogP contribution in [-0.2, 0) is 0 Å². The van der Waals surface area contributed by atoms with Gasteiger partial charge in [-0.15, -0.1) is 0 Å². The molecule has 9 rings (SSSR count). The second-order valence-corrected chi connectivity index (χ2v) is 10.2. The SMILES string of the molecule is c1ccc2c(c1)oc1ccc(-c3ccc4c(c3)oc3ccc(-n5c6ccccc6c6ccccc65)cc34)cc12. The zero-order valence-electron chi connectivity index (χ0n) is 20.9. The molecule has 0 amide bonds. The highest BCUT2D eigenvalue weighted by Crippen LogP contribution is 2.38. The lowest BCUT2D eigenvalue weighted by molar-refractivity contribution is 0.669. The van der Waals surface area contributed by atoms with Gasteiger partial charge in [0.05, 0.1) is 11.0 Å². The van der Waals surface area contributed by atoms with Crippen LogP contribution >= 0.6 is 0 Å². The number of fused-ring (bicyclic) bond motifs is 9. The lowest BCUT2D eigenvalue weighted by Gasteiger charge is -2.08. The van der Waals surface area contributed by atoms with Crippen molar-refractivity contribution in [2.24, 2.45) is 0 Å². The topological polar surface area (TPSA) is 31.2 Å². The minimum Gasteiger partial charge on any atom is -0.456 e. The molecule has 0 bridgehead atoms. The summed E-state index contributed by atoms with van der Waals surface area (Å²) in [4.78, 5) is 0. The number of hydrogen-bond acceptors (Lipinski definition) is 2. The smallest absolute Gasteiger partial charge is 0.136 e. The van der Waals surface area contributed by atoms with E-state index in [0.717, 1.165) is 60.7 Å². The standard InChI is InChI=1S/C36H21NO2/c1-4-10-31-25(7-1)26-8-2-5-11-32(26)37(31)24-15-18-35-30(21-24)28-16-13-23(20-36(28)39-35)22-14-17-34-29(19-22)27-9-3-6-12-33(27)38-34/h1-21H. The van der Waals surface area contributed by atoms with Crippen LogP contribution in [0.4, 0.5) is 0 Å². The van der Waals surface area contributed by atoms with Crippen LogP contribution in [0.1, 0.15) is 0 Å². The van der Waals surface area contributed by atoms with Gasteiger partial charge < -0.3 is 13.4 Å². The number of furan rings is 2. The normalized spacial score (nSPS) is 12.1. The maximum atomic E-state index is 6.38. The molecule has 0 radical (unpaired) electrons. The lowest BCUT2D eigenvalue weighted by atomic mass is 10.0. The molecule has 0 fully saturated rings. The van der Waals surface area contributed by atoms with Gasteiger partial charge in [-0.25, -0.2) is 0 Å². The highest BCUT2D eigenvalue weighted by atomic mass is 16.3. The van der Waals surface area contributed by atoms with Crippen molar-refractivity contribution in [1.29, 1.82) is 0 Å². The summed E-state index contributed by atoms with van der Waals surface area (Å²) < 4.78 is 14.8. The van der Waals surface area contributed by atoms with E-state index in [1.54, 1.807) is 0 Å². The third kappa shape index (κ3) is 2.93. The molecule has 0 aliphatic heterocycles. The molecule has 0 N–H and O–H groups in total. The van der Waals surface area contributed by atoms with Crippen molar-refractivity contribution < 1.29 is 8.83 Å². The summed E-state index contributed by atoms with van der Waals surface area (Å²) in [6.07, 6.45) is 0. The number of benzene rings is 6. The fourth-order valence-corrected chi connectivity index (χ4v) is 6.19. The monoisotopic (exact) mass is 499 g/mol. The molecule has 0 aliphatic carbocycles. The molecule has 39 heavy (non-hydrogen) atoms. The molecular weight excluding hydrogens is 478 g/mol. The Balaban J connectivity index is 1.22. The van der Waals surface area contributed by atoms with Crippen LogP contribution in [0.5, 0.6) is 0 Å². The van der Waals surface area contributed by atoms with Gasteiger partial charge in [0.25, 0.3) is 0 Å². The Morgan fingerprint density at radius 2 is 0.897 bits per heavy atom. The predicted octanol–water partition coefficient (Wildman–Crippen LogP) is 10.2. The van der Waals surface area contributed by atoms with Crippen molar-refractivity contribution in [3.8, 4) is 16.8 Å². The van der Waals surface area contributed by atoms with Crippen molar-refractivity contribution in [1.82, 2.24) is 4.57 Å². The molecule has 182 valence electrons. The molecule has 3 heterocycles. The number of para-hydroxylation sites is 3. The van der Waals surface area contributed by atoms with Gasteiger partial charge in [-0.05, 0) is 71.8 Å². The molecule has 3 nitrogen and oxygen atoms in total. The summed E-state index contributed by atoms with van der Waals surface area (Å²) in [6.45, 7) is 0. The van der Waals surface area contributed by atoms with Gasteiger partial charge in [0.1, 0.15) is 22.3 Å². The van der Waals surface area contributed by atoms with Crippen LogP contribution in [0.2, 0.25) is 0 Å². The van der Waals surface area contributed by atoms with Gasteiger partial charge in [0, 0.05) is 38.0 Å². The summed E-state index contributed by atoms with van der Waals surface area (Å²) in [5, 5.41) is 7.02. The van der Waals surface area contributed by atoms with Crippen LogP contribution < -0.4 is 0 Å². The van der Waals surface area contributed by atoms with E-state index in [1.165, 1.54) is 21.8 Å². The van der Waals surface area contributed by atoms with Crippen molar-refractivity contribution in [3.63, 3.8) is 0 Å². The first-order valence-corrected chi connectivity index (χ1v) is 13.2. The highest BCUT2D eigenvalue weighted by Gasteiger charge is 2.15.